The lowest BCUT2D eigenvalue weighted by atomic mass is 10.1. The third-order valence-electron chi connectivity index (χ3n) is 5.56. The average Bonchev–Trinajstić information content (AvgIpc) is 3.06. The quantitative estimate of drug-likeness (QED) is 0.594. The van der Waals surface area contributed by atoms with Crippen LogP contribution in [0, 0.1) is 0 Å². The van der Waals surface area contributed by atoms with Crippen molar-refractivity contribution in [2.75, 3.05) is 35.7 Å². The number of rotatable bonds is 6. The molecule has 3 aromatic rings. The second-order valence-corrected chi connectivity index (χ2v) is 7.75. The molecule has 0 saturated carbocycles. The number of anilines is 3. The molecule has 0 atom stereocenters. The number of nitrogens with one attached hydrogen (secondary N) is 2. The smallest absolute Gasteiger partial charge is 0.258 e. The summed E-state index contributed by atoms with van der Waals surface area (Å²) in [6, 6.07) is 22.5. The van der Waals surface area contributed by atoms with Crippen molar-refractivity contribution in [2.45, 2.75) is 19.3 Å². The van der Waals surface area contributed by atoms with Crippen LogP contribution in [0.5, 0.6) is 5.75 Å². The highest BCUT2D eigenvalue weighted by Crippen LogP contribution is 2.27. The molecule has 6 heteroatoms. The third-order valence-corrected chi connectivity index (χ3v) is 5.56. The van der Waals surface area contributed by atoms with Crippen molar-refractivity contribution in [1.29, 1.82) is 0 Å². The number of para-hydroxylation sites is 1. The highest BCUT2D eigenvalue weighted by atomic mass is 16.5. The Bertz CT molecular complexity index is 1080. The normalized spacial score (nSPS) is 13.0. The zero-order valence-electron chi connectivity index (χ0n) is 18.1. The van der Waals surface area contributed by atoms with Gasteiger partial charge in [0.25, 0.3) is 5.91 Å². The Morgan fingerprint density at radius 2 is 1.62 bits per heavy atom. The van der Waals surface area contributed by atoms with Gasteiger partial charge in [-0.3, -0.25) is 9.59 Å². The first-order valence-corrected chi connectivity index (χ1v) is 10.8. The van der Waals surface area contributed by atoms with Crippen LogP contribution in [-0.2, 0) is 11.2 Å². The fraction of sp³-hybridized carbons (Fsp3) is 0.231. The van der Waals surface area contributed by atoms with Crippen molar-refractivity contribution in [3.05, 3.63) is 83.9 Å². The summed E-state index contributed by atoms with van der Waals surface area (Å²) < 4.78 is 5.13. The second-order valence-electron chi connectivity index (χ2n) is 7.75. The van der Waals surface area contributed by atoms with Gasteiger partial charge in [-0.1, -0.05) is 18.2 Å². The van der Waals surface area contributed by atoms with Crippen LogP contribution in [0.4, 0.5) is 17.1 Å². The van der Waals surface area contributed by atoms with Crippen molar-refractivity contribution in [3.8, 4) is 5.75 Å². The number of benzene rings is 3. The van der Waals surface area contributed by atoms with Gasteiger partial charge in [-0.2, -0.15) is 0 Å². The molecule has 6 nitrogen and oxygen atoms in total. The summed E-state index contributed by atoms with van der Waals surface area (Å²) in [5, 5.41) is 5.93. The number of carbonyl (C=O) groups is 2. The molecule has 0 aromatic heterocycles. The number of hydrogen-bond acceptors (Lipinski definition) is 4. The largest absolute Gasteiger partial charge is 0.497 e. The molecule has 0 radical (unpaired) electrons. The van der Waals surface area contributed by atoms with Gasteiger partial charge in [0, 0.05) is 29.2 Å². The molecule has 2 N–H and O–H groups in total. The lowest BCUT2D eigenvalue weighted by molar-refractivity contribution is -0.114. The van der Waals surface area contributed by atoms with Crippen LogP contribution in [0.25, 0.3) is 0 Å². The Morgan fingerprint density at radius 3 is 2.38 bits per heavy atom. The lowest BCUT2D eigenvalue weighted by Crippen LogP contribution is -2.31. The summed E-state index contributed by atoms with van der Waals surface area (Å²) >= 11 is 0. The Balaban J connectivity index is 1.36. The summed E-state index contributed by atoms with van der Waals surface area (Å²) in [6.07, 6.45) is 3.06. The average molecular weight is 430 g/mol. The van der Waals surface area contributed by atoms with E-state index in [1.165, 1.54) is 5.56 Å². The predicted octanol–water partition coefficient (Wildman–Crippen LogP) is 4.73. The van der Waals surface area contributed by atoms with E-state index in [0.29, 0.717) is 17.8 Å². The number of aryl methyl sites for hydroxylation is 1. The van der Waals surface area contributed by atoms with Crippen molar-refractivity contribution in [3.63, 3.8) is 0 Å². The SMILES string of the molecule is COc1ccc(NCC(=O)Nc2ccc(C(=O)N3CCCCc4ccccc43)cc2)cc1. The number of amides is 2. The minimum Gasteiger partial charge on any atom is -0.497 e. The number of carbonyl (C=O) groups excluding carboxylic acids is 2. The number of fused-ring (bicyclic) bond motifs is 1. The molecule has 0 unspecified atom stereocenters. The molecule has 1 heterocycles. The van der Waals surface area contributed by atoms with Crippen LogP contribution in [0.2, 0.25) is 0 Å². The van der Waals surface area contributed by atoms with Crippen molar-refractivity contribution in [1.82, 2.24) is 0 Å². The van der Waals surface area contributed by atoms with Crippen LogP contribution in [0.15, 0.2) is 72.8 Å². The van der Waals surface area contributed by atoms with E-state index in [1.807, 2.05) is 47.4 Å². The van der Waals surface area contributed by atoms with Gasteiger partial charge in [0.05, 0.1) is 13.7 Å². The number of ether oxygens (including phenoxy) is 1. The molecule has 164 valence electrons. The molecule has 4 rings (SSSR count). The summed E-state index contributed by atoms with van der Waals surface area (Å²) in [5.74, 6) is 0.582. The lowest BCUT2D eigenvalue weighted by Gasteiger charge is -2.23. The molecule has 1 aliphatic rings. The summed E-state index contributed by atoms with van der Waals surface area (Å²) in [4.78, 5) is 27.3. The molecule has 0 aliphatic carbocycles. The first-order valence-electron chi connectivity index (χ1n) is 10.8. The van der Waals surface area contributed by atoms with Gasteiger partial charge >= 0.3 is 0 Å². The zero-order chi connectivity index (χ0) is 22.3. The molecule has 0 saturated heterocycles. The van der Waals surface area contributed by atoms with E-state index in [0.717, 1.165) is 36.4 Å². The minimum absolute atomic E-state index is 0.0154. The summed E-state index contributed by atoms with van der Waals surface area (Å²) in [5.41, 5.74) is 4.30. The first kappa shape index (κ1) is 21.4. The fourth-order valence-electron chi connectivity index (χ4n) is 3.85. The number of methoxy groups -OCH3 is 1. The van der Waals surface area contributed by atoms with E-state index in [9.17, 15) is 9.59 Å². The molecule has 1 aliphatic heterocycles. The molecular formula is C26H27N3O3. The van der Waals surface area contributed by atoms with E-state index in [2.05, 4.69) is 16.7 Å². The maximum atomic E-state index is 13.2. The zero-order valence-corrected chi connectivity index (χ0v) is 18.1. The molecule has 0 spiro atoms. The van der Waals surface area contributed by atoms with Gasteiger partial charge in [0.15, 0.2) is 0 Å². The molecule has 0 fully saturated rings. The molecule has 2 amide bonds. The minimum atomic E-state index is -0.165. The van der Waals surface area contributed by atoms with Gasteiger partial charge in [-0.25, -0.2) is 0 Å². The van der Waals surface area contributed by atoms with Crippen LogP contribution >= 0.6 is 0 Å². The molecule has 3 aromatic carbocycles. The second kappa shape index (κ2) is 10.0. The van der Waals surface area contributed by atoms with E-state index in [4.69, 9.17) is 4.74 Å². The van der Waals surface area contributed by atoms with Gasteiger partial charge in [-0.05, 0) is 79.4 Å². The van der Waals surface area contributed by atoms with Crippen molar-refractivity contribution < 1.29 is 14.3 Å². The Kier molecular flexibility index (Phi) is 6.70. The van der Waals surface area contributed by atoms with Gasteiger partial charge in [0.1, 0.15) is 5.75 Å². The van der Waals surface area contributed by atoms with Crippen LogP contribution in [0.3, 0.4) is 0 Å². The van der Waals surface area contributed by atoms with E-state index >= 15 is 0 Å². The predicted molar refractivity (Wildman–Crippen MR) is 128 cm³/mol. The monoisotopic (exact) mass is 429 g/mol. The topological polar surface area (TPSA) is 70.7 Å². The first-order chi connectivity index (χ1) is 15.6. The summed E-state index contributed by atoms with van der Waals surface area (Å²) in [6.45, 7) is 0.850. The maximum absolute atomic E-state index is 13.2. The fourth-order valence-corrected chi connectivity index (χ4v) is 3.85. The number of hydrogen-bond donors (Lipinski definition) is 2. The Morgan fingerprint density at radius 1 is 0.906 bits per heavy atom. The van der Waals surface area contributed by atoms with Crippen LogP contribution < -0.4 is 20.3 Å². The van der Waals surface area contributed by atoms with Crippen molar-refractivity contribution in [2.24, 2.45) is 0 Å². The van der Waals surface area contributed by atoms with Crippen LogP contribution in [0.1, 0.15) is 28.8 Å². The number of nitrogens with zero attached hydrogens (tertiary/aromatic N) is 1. The molecule has 0 bridgehead atoms. The highest BCUT2D eigenvalue weighted by molar-refractivity contribution is 6.07. The molecular weight excluding hydrogens is 402 g/mol. The molecule has 32 heavy (non-hydrogen) atoms. The van der Waals surface area contributed by atoms with E-state index in [-0.39, 0.29) is 18.4 Å². The van der Waals surface area contributed by atoms with Gasteiger partial charge in [-0.15, -0.1) is 0 Å². The highest BCUT2D eigenvalue weighted by Gasteiger charge is 2.22. The van der Waals surface area contributed by atoms with E-state index < -0.39 is 0 Å². The van der Waals surface area contributed by atoms with Crippen molar-refractivity contribution >= 4 is 28.9 Å². The summed E-state index contributed by atoms with van der Waals surface area (Å²) in [7, 11) is 1.61. The Hall–Kier alpha value is -3.80. The van der Waals surface area contributed by atoms with E-state index in [1.54, 1.807) is 31.4 Å². The standard InChI is InChI=1S/C26H27N3O3/c1-32-23-15-13-21(14-16-23)27-18-25(30)28-22-11-9-20(10-12-22)26(31)29-17-5-4-7-19-6-2-3-8-24(19)29/h2-3,6,8-16,27H,4-5,7,17-18H2,1H3,(H,28,30). The maximum Gasteiger partial charge on any atom is 0.258 e. The Labute approximate surface area is 188 Å². The van der Waals surface area contributed by atoms with Gasteiger partial charge < -0.3 is 20.3 Å². The third kappa shape index (κ3) is 5.09. The van der Waals surface area contributed by atoms with Crippen LogP contribution in [-0.4, -0.2) is 32.0 Å². The van der Waals surface area contributed by atoms with Gasteiger partial charge in [0.2, 0.25) is 5.91 Å².